The quantitative estimate of drug-likeness (QED) is 0.334. The maximum atomic E-state index is 13.3. The molecule has 5 aromatic rings. The molecule has 0 spiro atoms. The number of fused-ring (bicyclic) bond motifs is 9. The molecule has 0 aliphatic carbocycles. The summed E-state index contributed by atoms with van der Waals surface area (Å²) in [6.07, 6.45) is 3.30. The molecule has 1 aliphatic rings. The van der Waals surface area contributed by atoms with Gasteiger partial charge in [-0.15, -0.1) is 0 Å². The number of nitrogens with zero attached hydrogens (tertiary/aromatic N) is 3. The van der Waals surface area contributed by atoms with E-state index in [2.05, 4.69) is 20.0 Å². The second-order valence-electron chi connectivity index (χ2n) is 8.72. The van der Waals surface area contributed by atoms with E-state index in [1.165, 1.54) is 25.3 Å². The highest BCUT2D eigenvalue weighted by Gasteiger charge is 2.20. The minimum absolute atomic E-state index is 0.0692. The van der Waals surface area contributed by atoms with Gasteiger partial charge < -0.3 is 10.1 Å². The molecule has 0 radical (unpaired) electrons. The zero-order valence-electron chi connectivity index (χ0n) is 20.2. The van der Waals surface area contributed by atoms with E-state index in [4.69, 9.17) is 9.72 Å². The highest BCUT2D eigenvalue weighted by Crippen LogP contribution is 2.32. The van der Waals surface area contributed by atoms with Gasteiger partial charge in [0.15, 0.2) is 0 Å². The largest absolute Gasteiger partial charge is 0.480 e. The SMILES string of the molecule is COc1ncc2cc1NS(=O)(=O)c1cccc(c1)C(=O)NCc1cccc(c1)-c1ccnc3ccc-2nc13. The number of methoxy groups -OCH3 is 1. The van der Waals surface area contributed by atoms with E-state index in [9.17, 15) is 13.2 Å². The molecule has 4 heterocycles. The van der Waals surface area contributed by atoms with E-state index in [-0.39, 0.29) is 28.6 Å². The van der Waals surface area contributed by atoms with Gasteiger partial charge >= 0.3 is 0 Å². The van der Waals surface area contributed by atoms with Crippen molar-refractivity contribution in [2.45, 2.75) is 11.4 Å². The molecule has 0 atom stereocenters. The van der Waals surface area contributed by atoms with E-state index in [0.717, 1.165) is 16.7 Å². The fraction of sp³-hybridized carbons (Fsp3) is 0.0714. The van der Waals surface area contributed by atoms with Gasteiger partial charge in [-0.25, -0.2) is 18.4 Å². The van der Waals surface area contributed by atoms with Crippen LogP contribution >= 0.6 is 0 Å². The van der Waals surface area contributed by atoms with Gasteiger partial charge in [0.05, 0.1) is 28.7 Å². The fourth-order valence-corrected chi connectivity index (χ4v) is 5.48. The summed E-state index contributed by atoms with van der Waals surface area (Å²) in [5, 5.41) is 2.87. The van der Waals surface area contributed by atoms with Crippen molar-refractivity contribution in [1.29, 1.82) is 0 Å². The van der Waals surface area contributed by atoms with Crippen molar-refractivity contribution in [3.63, 3.8) is 0 Å². The van der Waals surface area contributed by atoms with Crippen LogP contribution in [0.5, 0.6) is 5.88 Å². The zero-order valence-corrected chi connectivity index (χ0v) is 21.0. The lowest BCUT2D eigenvalue weighted by Crippen LogP contribution is -2.23. The van der Waals surface area contributed by atoms with Crippen molar-refractivity contribution in [3.8, 4) is 28.3 Å². The van der Waals surface area contributed by atoms with E-state index >= 15 is 0 Å². The van der Waals surface area contributed by atoms with Crippen molar-refractivity contribution in [2.24, 2.45) is 0 Å². The Morgan fingerprint density at radius 2 is 1.74 bits per heavy atom. The first-order chi connectivity index (χ1) is 18.4. The summed E-state index contributed by atoms with van der Waals surface area (Å²) in [5.74, 6) is -0.295. The number of amides is 1. The zero-order chi connectivity index (χ0) is 26.3. The molecule has 9 nitrogen and oxygen atoms in total. The maximum Gasteiger partial charge on any atom is 0.262 e. The number of hydrogen-bond acceptors (Lipinski definition) is 7. The van der Waals surface area contributed by atoms with E-state index in [0.29, 0.717) is 22.3 Å². The summed E-state index contributed by atoms with van der Waals surface area (Å²) in [6, 6.07) is 20.9. The molecule has 2 aromatic carbocycles. The Labute approximate surface area is 218 Å². The van der Waals surface area contributed by atoms with Crippen LogP contribution in [-0.4, -0.2) is 36.4 Å². The van der Waals surface area contributed by atoms with Gasteiger partial charge in [-0.2, -0.15) is 0 Å². The van der Waals surface area contributed by atoms with Gasteiger partial charge in [-0.05, 0) is 59.7 Å². The van der Waals surface area contributed by atoms with Gasteiger partial charge in [-0.1, -0.05) is 24.3 Å². The summed E-state index contributed by atoms with van der Waals surface area (Å²) in [7, 11) is -2.67. The van der Waals surface area contributed by atoms with Crippen LogP contribution in [-0.2, 0) is 16.6 Å². The Bertz CT molecular complexity index is 1840. The summed E-state index contributed by atoms with van der Waals surface area (Å²) in [4.78, 5) is 26.5. The number of carbonyl (C=O) groups excluding carboxylic acids is 1. The first kappa shape index (κ1) is 23.6. The third-order valence-corrected chi connectivity index (χ3v) is 7.63. The van der Waals surface area contributed by atoms with Crippen molar-refractivity contribution in [3.05, 3.63) is 96.3 Å². The second-order valence-corrected chi connectivity index (χ2v) is 10.4. The Morgan fingerprint density at radius 3 is 2.61 bits per heavy atom. The lowest BCUT2D eigenvalue weighted by molar-refractivity contribution is 0.0950. The van der Waals surface area contributed by atoms with Gasteiger partial charge in [0.25, 0.3) is 15.9 Å². The number of benzene rings is 2. The number of ether oxygens (including phenoxy) is 1. The van der Waals surface area contributed by atoms with Crippen molar-refractivity contribution < 1.29 is 17.9 Å². The molecule has 3 aromatic heterocycles. The molecule has 0 saturated carbocycles. The van der Waals surface area contributed by atoms with Gasteiger partial charge in [0, 0.05) is 35.6 Å². The van der Waals surface area contributed by atoms with Crippen LogP contribution in [0.15, 0.2) is 90.1 Å². The molecule has 0 unspecified atom stereocenters. The summed E-state index contributed by atoms with van der Waals surface area (Å²) < 4.78 is 34.5. The van der Waals surface area contributed by atoms with Crippen molar-refractivity contribution in [2.75, 3.05) is 11.8 Å². The third kappa shape index (κ3) is 4.31. The molecule has 188 valence electrons. The smallest absolute Gasteiger partial charge is 0.262 e. The van der Waals surface area contributed by atoms with E-state index in [1.807, 2.05) is 42.5 Å². The number of anilines is 1. The summed E-state index contributed by atoms with van der Waals surface area (Å²) >= 11 is 0. The predicted molar refractivity (Wildman–Crippen MR) is 143 cm³/mol. The first-order valence-electron chi connectivity index (χ1n) is 11.7. The number of carbonyl (C=O) groups is 1. The number of nitrogens with one attached hydrogen (secondary N) is 2. The fourth-order valence-electron chi connectivity index (χ4n) is 4.39. The standard InChI is InChI=1S/C28H21N5O4S/c1-37-28-25-14-20(16-31-28)23-8-9-24-26(32-23)22(10-11-29-24)18-5-2-4-17(12-18)15-30-27(34)19-6-3-7-21(13-19)38(35,36)33-25/h2-14,16,33H,15H2,1H3,(H,30,34). The number of rotatable bonds is 1. The van der Waals surface area contributed by atoms with E-state index in [1.54, 1.807) is 24.5 Å². The van der Waals surface area contributed by atoms with Crippen LogP contribution < -0.4 is 14.8 Å². The minimum atomic E-state index is -4.08. The summed E-state index contributed by atoms with van der Waals surface area (Å²) in [6.45, 7) is 0.261. The number of hydrogen-bond donors (Lipinski definition) is 2. The van der Waals surface area contributed by atoms with Gasteiger partial charge in [0.1, 0.15) is 5.69 Å². The molecule has 38 heavy (non-hydrogen) atoms. The summed E-state index contributed by atoms with van der Waals surface area (Å²) in [5.41, 5.74) is 5.62. The predicted octanol–water partition coefficient (Wildman–Crippen LogP) is 4.41. The monoisotopic (exact) mass is 523 g/mol. The van der Waals surface area contributed by atoms with Crippen molar-refractivity contribution >= 4 is 32.7 Å². The molecule has 1 aliphatic heterocycles. The minimum Gasteiger partial charge on any atom is -0.480 e. The average molecular weight is 524 g/mol. The van der Waals surface area contributed by atoms with Gasteiger partial charge in [-0.3, -0.25) is 14.5 Å². The number of sulfonamides is 1. The number of pyridine rings is 3. The van der Waals surface area contributed by atoms with Crippen LogP contribution in [0, 0.1) is 0 Å². The van der Waals surface area contributed by atoms with Crippen molar-refractivity contribution in [1.82, 2.24) is 20.3 Å². The molecule has 1 amide bonds. The lowest BCUT2D eigenvalue weighted by Gasteiger charge is -2.14. The molecule has 2 N–H and O–H groups in total. The number of aromatic nitrogens is 3. The normalized spacial score (nSPS) is 14.2. The Morgan fingerprint density at radius 1 is 0.895 bits per heavy atom. The maximum absolute atomic E-state index is 13.3. The molecule has 6 rings (SSSR count). The third-order valence-electron chi connectivity index (χ3n) is 6.27. The molecule has 0 fully saturated rings. The molecule has 8 bridgehead atoms. The van der Waals surface area contributed by atoms with E-state index < -0.39 is 15.9 Å². The van der Waals surface area contributed by atoms with Crippen LogP contribution in [0.3, 0.4) is 0 Å². The highest BCUT2D eigenvalue weighted by atomic mass is 32.2. The van der Waals surface area contributed by atoms with Crippen LogP contribution in [0.1, 0.15) is 15.9 Å². The molecular weight excluding hydrogens is 502 g/mol. The topological polar surface area (TPSA) is 123 Å². The van der Waals surface area contributed by atoms with Crippen LogP contribution in [0.4, 0.5) is 5.69 Å². The Hall–Kier alpha value is -4.83. The molecule has 0 saturated heterocycles. The van der Waals surface area contributed by atoms with Crippen LogP contribution in [0.2, 0.25) is 0 Å². The molecular formula is C28H21N5O4S. The molecule has 10 heteroatoms. The van der Waals surface area contributed by atoms with Gasteiger partial charge in [0.2, 0.25) is 5.88 Å². The average Bonchev–Trinajstić information content (AvgIpc) is 2.95. The second kappa shape index (κ2) is 9.24. The van der Waals surface area contributed by atoms with Crippen LogP contribution in [0.25, 0.3) is 33.4 Å². The Balaban J connectivity index is 1.59. The first-order valence-corrected chi connectivity index (χ1v) is 13.2. The highest BCUT2D eigenvalue weighted by molar-refractivity contribution is 7.92. The Kier molecular flexibility index (Phi) is 5.73. The lowest BCUT2D eigenvalue weighted by atomic mass is 10.0.